The Morgan fingerprint density at radius 2 is 1.68 bits per heavy atom. The molecule has 10 heteroatoms. The van der Waals surface area contributed by atoms with Crippen LogP contribution in [0.5, 0.6) is 0 Å². The number of nitrogens with one attached hydrogen (secondary N) is 1. The molecule has 1 amide bonds. The number of para-hydroxylation sites is 2. The van der Waals surface area contributed by atoms with E-state index in [2.05, 4.69) is 37.3 Å². The van der Waals surface area contributed by atoms with Crippen LogP contribution in [0.3, 0.4) is 0 Å². The third-order valence-electron chi connectivity index (χ3n) is 6.48. The fourth-order valence-corrected chi connectivity index (χ4v) is 4.41. The van der Waals surface area contributed by atoms with E-state index in [0.29, 0.717) is 5.69 Å². The Labute approximate surface area is 214 Å². The van der Waals surface area contributed by atoms with Gasteiger partial charge in [0.05, 0.1) is 22.0 Å². The minimum Gasteiger partial charge on any atom is -0.367 e. The second kappa shape index (κ2) is 11.0. The number of nitro benzene ring substituents is 1. The summed E-state index contributed by atoms with van der Waals surface area (Å²) in [6.07, 6.45) is 6.33. The first-order valence-electron chi connectivity index (χ1n) is 12.1. The third kappa shape index (κ3) is 5.81. The van der Waals surface area contributed by atoms with E-state index in [0.717, 1.165) is 50.5 Å². The zero-order valence-electron chi connectivity index (χ0n) is 20.2. The Morgan fingerprint density at radius 1 is 0.946 bits per heavy atom. The van der Waals surface area contributed by atoms with Crippen LogP contribution in [0.2, 0.25) is 0 Å². The number of non-ortho nitro benzene ring substituents is 1. The molecule has 2 aromatic carbocycles. The molecule has 10 nitrogen and oxygen atoms in total. The van der Waals surface area contributed by atoms with Crippen molar-refractivity contribution in [2.24, 2.45) is 0 Å². The molecule has 188 valence electrons. The van der Waals surface area contributed by atoms with E-state index in [4.69, 9.17) is 0 Å². The first-order valence-corrected chi connectivity index (χ1v) is 12.1. The molecule has 0 aliphatic carbocycles. The maximum Gasteiger partial charge on any atom is 0.276 e. The molecule has 37 heavy (non-hydrogen) atoms. The Hall–Kier alpha value is -4.57. The van der Waals surface area contributed by atoms with Crippen LogP contribution in [0, 0.1) is 10.1 Å². The summed E-state index contributed by atoms with van der Waals surface area (Å²) in [5.41, 5.74) is 3.91. The van der Waals surface area contributed by atoms with E-state index in [9.17, 15) is 14.9 Å². The minimum atomic E-state index is -0.453. The number of hydrogen-bond donors (Lipinski definition) is 1. The molecule has 1 aliphatic heterocycles. The molecule has 0 bridgehead atoms. The largest absolute Gasteiger partial charge is 0.367 e. The standard InChI is InChI=1S/C27H27N7O3/c35-27(25-12-16-33(30-25)22-5-7-23(8-6-22)34(36)37)29-24-3-1-2-4-26(24)32-19-17-31(18-20-32)15-11-21-9-13-28-14-10-21/h1-10,12-14,16H,11,15,17-20H2,(H,29,35). The van der Waals surface area contributed by atoms with Crippen molar-refractivity contribution in [2.75, 3.05) is 42.9 Å². The predicted molar refractivity (Wildman–Crippen MR) is 141 cm³/mol. The van der Waals surface area contributed by atoms with Gasteiger partial charge in [0.2, 0.25) is 0 Å². The smallest absolute Gasteiger partial charge is 0.276 e. The number of carbonyl (C=O) groups is 1. The molecular formula is C27H27N7O3. The van der Waals surface area contributed by atoms with Crippen LogP contribution in [0.1, 0.15) is 16.1 Å². The van der Waals surface area contributed by atoms with Gasteiger partial charge in [-0.25, -0.2) is 4.68 Å². The summed E-state index contributed by atoms with van der Waals surface area (Å²) in [6, 6.07) is 19.6. The Balaban J connectivity index is 1.20. The van der Waals surface area contributed by atoms with Crippen molar-refractivity contribution >= 4 is 23.0 Å². The fraction of sp³-hybridized carbons (Fsp3) is 0.222. The Morgan fingerprint density at radius 3 is 2.41 bits per heavy atom. The number of anilines is 2. The van der Waals surface area contributed by atoms with Gasteiger partial charge in [0.25, 0.3) is 11.6 Å². The summed E-state index contributed by atoms with van der Waals surface area (Å²) < 4.78 is 1.52. The molecule has 0 spiro atoms. The van der Waals surface area contributed by atoms with Crippen molar-refractivity contribution in [2.45, 2.75) is 6.42 Å². The zero-order chi connectivity index (χ0) is 25.6. The average molecular weight is 498 g/mol. The molecule has 0 saturated carbocycles. The summed E-state index contributed by atoms with van der Waals surface area (Å²) >= 11 is 0. The van der Waals surface area contributed by atoms with Crippen LogP contribution in [0.4, 0.5) is 17.1 Å². The zero-order valence-corrected chi connectivity index (χ0v) is 20.2. The van der Waals surface area contributed by atoms with Crippen molar-refractivity contribution in [3.8, 4) is 5.69 Å². The normalized spacial score (nSPS) is 13.9. The van der Waals surface area contributed by atoms with Crippen LogP contribution < -0.4 is 10.2 Å². The summed E-state index contributed by atoms with van der Waals surface area (Å²) in [4.78, 5) is 32.3. The van der Waals surface area contributed by atoms with Gasteiger partial charge in [0, 0.05) is 63.4 Å². The molecule has 4 aromatic rings. The van der Waals surface area contributed by atoms with Gasteiger partial charge in [-0.15, -0.1) is 0 Å². The topological polar surface area (TPSA) is 109 Å². The molecule has 3 heterocycles. The molecule has 2 aromatic heterocycles. The fourth-order valence-electron chi connectivity index (χ4n) is 4.41. The number of benzene rings is 2. The van der Waals surface area contributed by atoms with E-state index in [1.807, 2.05) is 36.7 Å². The van der Waals surface area contributed by atoms with Gasteiger partial charge in [-0.1, -0.05) is 12.1 Å². The molecule has 5 rings (SSSR count). The SMILES string of the molecule is O=C(Nc1ccccc1N1CCN(CCc2ccncc2)CC1)c1ccn(-c2ccc([N+](=O)[O-])cc2)n1. The number of nitro groups is 1. The highest BCUT2D eigenvalue weighted by atomic mass is 16.6. The van der Waals surface area contributed by atoms with Crippen LogP contribution in [-0.4, -0.2) is 63.2 Å². The summed E-state index contributed by atoms with van der Waals surface area (Å²) in [5.74, 6) is -0.316. The van der Waals surface area contributed by atoms with E-state index in [-0.39, 0.29) is 17.3 Å². The van der Waals surface area contributed by atoms with Crippen molar-refractivity contribution in [3.63, 3.8) is 0 Å². The summed E-state index contributed by atoms with van der Waals surface area (Å²) in [5, 5.41) is 18.2. The van der Waals surface area contributed by atoms with E-state index in [1.54, 1.807) is 24.4 Å². The van der Waals surface area contributed by atoms with E-state index < -0.39 is 4.92 Å². The van der Waals surface area contributed by atoms with Crippen LogP contribution in [0.15, 0.2) is 85.3 Å². The van der Waals surface area contributed by atoms with Gasteiger partial charge < -0.3 is 10.2 Å². The molecule has 1 N–H and O–H groups in total. The van der Waals surface area contributed by atoms with Gasteiger partial charge in [-0.2, -0.15) is 5.10 Å². The molecular weight excluding hydrogens is 470 g/mol. The molecule has 0 unspecified atom stereocenters. The lowest BCUT2D eigenvalue weighted by atomic mass is 10.1. The molecule has 1 aliphatic rings. The molecule has 1 saturated heterocycles. The van der Waals surface area contributed by atoms with Crippen LogP contribution in [-0.2, 0) is 6.42 Å². The maximum atomic E-state index is 13.0. The number of piperazine rings is 1. The Kier molecular flexibility index (Phi) is 7.18. The number of amides is 1. The van der Waals surface area contributed by atoms with Crippen molar-refractivity contribution in [1.29, 1.82) is 0 Å². The van der Waals surface area contributed by atoms with E-state index in [1.165, 1.54) is 22.4 Å². The number of nitrogens with zero attached hydrogens (tertiary/aromatic N) is 6. The second-order valence-electron chi connectivity index (χ2n) is 8.82. The monoisotopic (exact) mass is 497 g/mol. The van der Waals surface area contributed by atoms with Gasteiger partial charge in [-0.05, 0) is 54.4 Å². The summed E-state index contributed by atoms with van der Waals surface area (Å²) in [6.45, 7) is 4.66. The number of hydrogen-bond acceptors (Lipinski definition) is 7. The van der Waals surface area contributed by atoms with Crippen LogP contribution >= 0.6 is 0 Å². The first kappa shape index (κ1) is 24.1. The molecule has 0 radical (unpaired) electrons. The molecule has 0 atom stereocenters. The second-order valence-corrected chi connectivity index (χ2v) is 8.82. The van der Waals surface area contributed by atoms with Crippen molar-refractivity contribution in [1.82, 2.24) is 19.7 Å². The van der Waals surface area contributed by atoms with Gasteiger partial charge in [0.1, 0.15) is 0 Å². The highest BCUT2D eigenvalue weighted by molar-refractivity contribution is 6.04. The lowest BCUT2D eigenvalue weighted by molar-refractivity contribution is -0.384. The number of carbonyl (C=O) groups excluding carboxylic acids is 1. The quantitative estimate of drug-likeness (QED) is 0.291. The van der Waals surface area contributed by atoms with Crippen molar-refractivity contribution in [3.05, 3.63) is 107 Å². The lowest BCUT2D eigenvalue weighted by Gasteiger charge is -2.37. The lowest BCUT2D eigenvalue weighted by Crippen LogP contribution is -2.47. The number of aromatic nitrogens is 3. The van der Waals surface area contributed by atoms with Crippen molar-refractivity contribution < 1.29 is 9.72 Å². The molecule has 1 fully saturated rings. The maximum absolute atomic E-state index is 13.0. The van der Waals surface area contributed by atoms with Gasteiger partial charge >= 0.3 is 0 Å². The predicted octanol–water partition coefficient (Wildman–Crippen LogP) is 3.79. The number of rotatable bonds is 8. The number of pyridine rings is 1. The minimum absolute atomic E-state index is 0.0000542. The average Bonchev–Trinajstić information content (AvgIpc) is 3.44. The first-order chi connectivity index (χ1) is 18.1. The highest BCUT2D eigenvalue weighted by Gasteiger charge is 2.20. The van der Waals surface area contributed by atoms with Gasteiger partial charge in [0.15, 0.2) is 5.69 Å². The third-order valence-corrected chi connectivity index (χ3v) is 6.48. The Bertz CT molecular complexity index is 1360. The highest BCUT2D eigenvalue weighted by Crippen LogP contribution is 2.27. The van der Waals surface area contributed by atoms with Gasteiger partial charge in [-0.3, -0.25) is 24.8 Å². The van der Waals surface area contributed by atoms with Crippen LogP contribution in [0.25, 0.3) is 5.69 Å². The van der Waals surface area contributed by atoms with E-state index >= 15 is 0 Å². The summed E-state index contributed by atoms with van der Waals surface area (Å²) in [7, 11) is 0.